The number of fused-ring (bicyclic) bond motifs is 1. The second-order valence-corrected chi connectivity index (χ2v) is 5.64. The zero-order valence-corrected chi connectivity index (χ0v) is 12.7. The van der Waals surface area contributed by atoms with E-state index in [1.165, 1.54) is 11.3 Å². The Kier molecular flexibility index (Phi) is 3.98. The predicted molar refractivity (Wildman–Crippen MR) is 85.5 cm³/mol. The van der Waals surface area contributed by atoms with Crippen LogP contribution in [-0.2, 0) is 4.74 Å². The van der Waals surface area contributed by atoms with Crippen molar-refractivity contribution in [2.24, 2.45) is 0 Å². The summed E-state index contributed by atoms with van der Waals surface area (Å²) in [6.07, 6.45) is 0. The van der Waals surface area contributed by atoms with Gasteiger partial charge in [0.1, 0.15) is 0 Å². The molecule has 0 atom stereocenters. The number of ketones is 1. The van der Waals surface area contributed by atoms with Crippen molar-refractivity contribution in [1.82, 2.24) is 4.98 Å². The highest BCUT2D eigenvalue weighted by molar-refractivity contribution is 7.20. The topological polar surface area (TPSA) is 56.3 Å². The van der Waals surface area contributed by atoms with Crippen molar-refractivity contribution < 1.29 is 14.3 Å². The number of ether oxygens (including phenoxy) is 1. The number of rotatable bonds is 4. The molecule has 22 heavy (non-hydrogen) atoms. The maximum atomic E-state index is 12.5. The van der Waals surface area contributed by atoms with E-state index in [9.17, 15) is 9.59 Å². The number of carbonyl (C=O) groups excluding carboxylic acids is 2. The van der Waals surface area contributed by atoms with Crippen LogP contribution in [0.4, 0.5) is 0 Å². The number of para-hydroxylation sites is 1. The summed E-state index contributed by atoms with van der Waals surface area (Å²) in [5.74, 6) is -0.530. The molecule has 0 saturated heterocycles. The summed E-state index contributed by atoms with van der Waals surface area (Å²) < 4.78 is 5.90. The van der Waals surface area contributed by atoms with Crippen LogP contribution in [0.2, 0.25) is 0 Å². The van der Waals surface area contributed by atoms with Crippen LogP contribution >= 0.6 is 11.3 Å². The molecular formula is C17H13NO3S. The SMILES string of the molecule is CCOC(=O)c1ccc(C(=O)c2nc3ccccc3s2)cc1. The number of esters is 1. The van der Waals surface area contributed by atoms with Crippen molar-refractivity contribution in [3.8, 4) is 0 Å². The summed E-state index contributed by atoms with van der Waals surface area (Å²) in [5.41, 5.74) is 1.76. The van der Waals surface area contributed by atoms with E-state index in [4.69, 9.17) is 4.74 Å². The predicted octanol–water partition coefficient (Wildman–Crippen LogP) is 3.70. The molecule has 0 radical (unpaired) electrons. The van der Waals surface area contributed by atoms with Crippen molar-refractivity contribution in [2.45, 2.75) is 6.92 Å². The second kappa shape index (κ2) is 6.07. The average molecular weight is 311 g/mol. The Labute approximate surface area is 131 Å². The molecule has 0 bridgehead atoms. The number of hydrogen-bond donors (Lipinski definition) is 0. The normalized spacial score (nSPS) is 10.6. The molecule has 1 aromatic heterocycles. The lowest BCUT2D eigenvalue weighted by Gasteiger charge is -2.02. The first-order valence-corrected chi connectivity index (χ1v) is 7.68. The van der Waals surface area contributed by atoms with Crippen LogP contribution in [0.15, 0.2) is 48.5 Å². The molecule has 0 N–H and O–H groups in total. The molecule has 0 unspecified atom stereocenters. The van der Waals surface area contributed by atoms with Crippen molar-refractivity contribution in [1.29, 1.82) is 0 Å². The van der Waals surface area contributed by atoms with E-state index in [0.717, 1.165) is 10.2 Å². The van der Waals surface area contributed by atoms with Gasteiger partial charge in [0.15, 0.2) is 5.01 Å². The molecule has 0 spiro atoms. The van der Waals surface area contributed by atoms with Crippen LogP contribution in [0.25, 0.3) is 10.2 Å². The molecule has 0 aliphatic heterocycles. The van der Waals surface area contributed by atoms with Crippen LogP contribution < -0.4 is 0 Å². The van der Waals surface area contributed by atoms with E-state index in [0.29, 0.717) is 22.7 Å². The Bertz CT molecular complexity index is 803. The average Bonchev–Trinajstić information content (AvgIpc) is 2.98. The van der Waals surface area contributed by atoms with Crippen LogP contribution in [0.3, 0.4) is 0 Å². The van der Waals surface area contributed by atoms with E-state index >= 15 is 0 Å². The Morgan fingerprint density at radius 1 is 1.05 bits per heavy atom. The number of thiazole rings is 1. The molecule has 0 aliphatic rings. The molecule has 110 valence electrons. The van der Waals surface area contributed by atoms with E-state index < -0.39 is 0 Å². The number of aromatic nitrogens is 1. The molecule has 0 fully saturated rings. The van der Waals surface area contributed by atoms with Crippen molar-refractivity contribution in [3.63, 3.8) is 0 Å². The quantitative estimate of drug-likeness (QED) is 0.544. The molecule has 2 aromatic carbocycles. The maximum absolute atomic E-state index is 12.5. The number of hydrogen-bond acceptors (Lipinski definition) is 5. The molecule has 3 rings (SSSR count). The Morgan fingerprint density at radius 2 is 1.73 bits per heavy atom. The third-order valence-electron chi connectivity index (χ3n) is 3.15. The van der Waals surface area contributed by atoms with Gasteiger partial charge in [0.2, 0.25) is 5.78 Å². The van der Waals surface area contributed by atoms with Gasteiger partial charge in [0, 0.05) is 5.56 Å². The molecule has 1 heterocycles. The van der Waals surface area contributed by atoms with Crippen LogP contribution in [0.5, 0.6) is 0 Å². The lowest BCUT2D eigenvalue weighted by molar-refractivity contribution is 0.0526. The zero-order chi connectivity index (χ0) is 15.5. The number of carbonyl (C=O) groups is 2. The zero-order valence-electron chi connectivity index (χ0n) is 11.9. The van der Waals surface area contributed by atoms with Crippen molar-refractivity contribution >= 4 is 33.3 Å². The lowest BCUT2D eigenvalue weighted by atomic mass is 10.1. The van der Waals surface area contributed by atoms with Gasteiger partial charge in [-0.05, 0) is 31.2 Å². The monoisotopic (exact) mass is 311 g/mol. The molecule has 0 saturated carbocycles. The van der Waals surface area contributed by atoms with E-state index in [1.54, 1.807) is 31.2 Å². The highest BCUT2D eigenvalue weighted by atomic mass is 32.1. The van der Waals surface area contributed by atoms with E-state index in [2.05, 4.69) is 4.98 Å². The van der Waals surface area contributed by atoms with Gasteiger partial charge >= 0.3 is 5.97 Å². The summed E-state index contributed by atoms with van der Waals surface area (Å²) in [5, 5.41) is 0.449. The minimum absolute atomic E-state index is 0.142. The van der Waals surface area contributed by atoms with Crippen LogP contribution in [-0.4, -0.2) is 23.3 Å². The Morgan fingerprint density at radius 3 is 2.41 bits per heavy atom. The highest BCUT2D eigenvalue weighted by Crippen LogP contribution is 2.23. The molecule has 0 aliphatic carbocycles. The molecule has 3 aromatic rings. The molecule has 4 nitrogen and oxygen atoms in total. The fourth-order valence-electron chi connectivity index (χ4n) is 2.06. The van der Waals surface area contributed by atoms with Crippen LogP contribution in [0, 0.1) is 0 Å². The maximum Gasteiger partial charge on any atom is 0.338 e. The van der Waals surface area contributed by atoms with Gasteiger partial charge in [0.05, 0.1) is 22.4 Å². The minimum atomic E-state index is -0.388. The van der Waals surface area contributed by atoms with Gasteiger partial charge in [-0.25, -0.2) is 9.78 Å². The van der Waals surface area contributed by atoms with Gasteiger partial charge in [-0.2, -0.15) is 0 Å². The fourth-order valence-corrected chi connectivity index (χ4v) is 2.99. The smallest absolute Gasteiger partial charge is 0.338 e. The summed E-state index contributed by atoms with van der Waals surface area (Å²) in [4.78, 5) is 28.4. The second-order valence-electron chi connectivity index (χ2n) is 4.61. The van der Waals surface area contributed by atoms with Crippen molar-refractivity contribution in [2.75, 3.05) is 6.61 Å². The van der Waals surface area contributed by atoms with Gasteiger partial charge in [0.25, 0.3) is 0 Å². The minimum Gasteiger partial charge on any atom is -0.462 e. The third kappa shape index (κ3) is 2.76. The first-order valence-electron chi connectivity index (χ1n) is 6.86. The fraction of sp³-hybridized carbons (Fsp3) is 0.118. The summed E-state index contributed by atoms with van der Waals surface area (Å²) in [6, 6.07) is 14.1. The van der Waals surface area contributed by atoms with Gasteiger partial charge < -0.3 is 4.74 Å². The standard InChI is InChI=1S/C17H13NO3S/c1-2-21-17(20)12-9-7-11(8-10-12)15(19)16-18-13-5-3-4-6-14(13)22-16/h3-10H,2H2,1H3. The summed E-state index contributed by atoms with van der Waals surface area (Å²) >= 11 is 1.37. The van der Waals surface area contributed by atoms with Gasteiger partial charge in [-0.1, -0.05) is 24.3 Å². The molecule has 5 heteroatoms. The summed E-state index contributed by atoms with van der Waals surface area (Å²) in [6.45, 7) is 2.08. The van der Waals surface area contributed by atoms with E-state index in [-0.39, 0.29) is 11.8 Å². The highest BCUT2D eigenvalue weighted by Gasteiger charge is 2.15. The summed E-state index contributed by atoms with van der Waals surface area (Å²) in [7, 11) is 0. The lowest BCUT2D eigenvalue weighted by Crippen LogP contribution is -2.06. The number of nitrogens with zero attached hydrogens (tertiary/aromatic N) is 1. The van der Waals surface area contributed by atoms with Crippen molar-refractivity contribution in [3.05, 3.63) is 64.7 Å². The van der Waals surface area contributed by atoms with Gasteiger partial charge in [-0.3, -0.25) is 4.79 Å². The molecule has 0 amide bonds. The first-order chi connectivity index (χ1) is 10.7. The first kappa shape index (κ1) is 14.4. The third-order valence-corrected chi connectivity index (χ3v) is 4.18. The van der Waals surface area contributed by atoms with Gasteiger partial charge in [-0.15, -0.1) is 11.3 Å². The Hall–Kier alpha value is -2.53. The molecular weight excluding hydrogens is 298 g/mol. The van der Waals surface area contributed by atoms with Crippen LogP contribution in [0.1, 0.15) is 32.6 Å². The largest absolute Gasteiger partial charge is 0.462 e. The Balaban J connectivity index is 1.87. The van der Waals surface area contributed by atoms with E-state index in [1.807, 2.05) is 24.3 Å². The number of benzene rings is 2.